The molecule has 44 valence electrons. The maximum Gasteiger partial charge on any atom is 0.0940 e. The van der Waals surface area contributed by atoms with Crippen LogP contribution in [0.25, 0.3) is 0 Å². The summed E-state index contributed by atoms with van der Waals surface area (Å²) in [4.78, 5) is 7.30. The molecule has 8 heavy (non-hydrogen) atoms. The Labute approximate surface area is 57.2 Å². The monoisotopic (exact) mass is 174 g/mol. The molecule has 0 atom stereocenters. The van der Waals surface area contributed by atoms with Gasteiger partial charge in [-0.2, -0.15) is 0 Å². The lowest BCUT2D eigenvalue weighted by molar-refractivity contribution is 1.42. The van der Waals surface area contributed by atoms with E-state index in [1.54, 1.807) is 18.5 Å². The first kappa shape index (κ1) is 7.56. The average molecular weight is 175 g/mol. The summed E-state index contributed by atoms with van der Waals surface area (Å²) in [7, 11) is 0. The van der Waals surface area contributed by atoms with Crippen molar-refractivity contribution >= 4 is 28.9 Å². The first-order valence-electron chi connectivity index (χ1n) is 2.08. The number of nitrogens with zero attached hydrogens (tertiary/aromatic N) is 2. The Kier molecular flexibility index (Phi) is 6.20. The van der Waals surface area contributed by atoms with E-state index in [4.69, 9.17) is 0 Å². The van der Waals surface area contributed by atoms with E-state index >= 15 is 0 Å². The summed E-state index contributed by atoms with van der Waals surface area (Å²) in [5.74, 6) is 0. The molecule has 0 aliphatic rings. The predicted molar refractivity (Wildman–Crippen MR) is 41.0 cm³/mol. The molecule has 0 unspecified atom stereocenters. The quantitative estimate of drug-likeness (QED) is 0.353. The van der Waals surface area contributed by atoms with Gasteiger partial charge in [-0.25, -0.2) is 0 Å². The van der Waals surface area contributed by atoms with Crippen LogP contribution in [-0.2, 0) is 0 Å². The van der Waals surface area contributed by atoms with Gasteiger partial charge in [0.2, 0.25) is 0 Å². The summed E-state index contributed by atoms with van der Waals surface area (Å²) >= 11 is 3.12. The van der Waals surface area contributed by atoms with Gasteiger partial charge in [-0.05, 0) is 12.8 Å². The summed E-state index contributed by atoms with van der Waals surface area (Å²) in [5.41, 5.74) is 0.633. The molecule has 0 aromatic heterocycles. The second-order valence-corrected chi connectivity index (χ2v) is 1.48. The van der Waals surface area contributed by atoms with E-state index in [9.17, 15) is 0 Å². The molecule has 2 nitrogen and oxygen atoms in total. The smallest absolute Gasteiger partial charge is 0.0940 e. The van der Waals surface area contributed by atoms with Gasteiger partial charge in [-0.3, -0.25) is 9.98 Å². The van der Waals surface area contributed by atoms with Crippen molar-refractivity contribution in [3.63, 3.8) is 0 Å². The van der Waals surface area contributed by atoms with E-state index in [0.29, 0.717) is 5.45 Å². The summed E-state index contributed by atoms with van der Waals surface area (Å²) < 4.78 is 0. The molecular weight excluding hydrogens is 168 g/mol. The zero-order chi connectivity index (χ0) is 6.24. The van der Waals surface area contributed by atoms with E-state index in [1.165, 1.54) is 0 Å². The van der Waals surface area contributed by atoms with Crippen molar-refractivity contribution < 1.29 is 0 Å². The van der Waals surface area contributed by atoms with Crippen LogP contribution in [0.2, 0.25) is 0 Å². The maximum atomic E-state index is 3.83. The van der Waals surface area contributed by atoms with Crippen LogP contribution < -0.4 is 0 Å². The van der Waals surface area contributed by atoms with Gasteiger partial charge in [0, 0.05) is 12.4 Å². The topological polar surface area (TPSA) is 24.7 Å². The highest BCUT2D eigenvalue weighted by Crippen LogP contribution is 1.77. The molecule has 0 aromatic rings. The number of allylic oxidation sites excluding steroid dienone is 1. The largest absolute Gasteiger partial charge is 0.282 e. The third kappa shape index (κ3) is 5.56. The molecule has 0 fully saturated rings. The Hall–Kier alpha value is -0.440. The van der Waals surface area contributed by atoms with E-state index in [2.05, 4.69) is 32.6 Å². The molecule has 3 heteroatoms. The van der Waals surface area contributed by atoms with Gasteiger partial charge in [-0.15, -0.1) is 0 Å². The minimum Gasteiger partial charge on any atom is -0.282 e. The van der Waals surface area contributed by atoms with Crippen LogP contribution in [0.1, 0.15) is 0 Å². The fraction of sp³-hybridized carbons (Fsp3) is 0.200. The maximum absolute atomic E-state index is 3.83. The second-order valence-electron chi connectivity index (χ2n) is 0.975. The average Bonchev–Trinajstić information content (AvgIpc) is 1.81. The van der Waals surface area contributed by atoms with E-state index in [1.807, 2.05) is 0 Å². The Morgan fingerprint density at radius 1 is 1.62 bits per heavy atom. The Balaban J connectivity index is 3.26. The third-order valence-electron chi connectivity index (χ3n) is 0.452. The van der Waals surface area contributed by atoms with Crippen molar-refractivity contribution in [2.45, 2.75) is 0 Å². The molecule has 0 aliphatic heterocycles. The summed E-state index contributed by atoms with van der Waals surface area (Å²) in [5, 5.41) is 0. The molecule has 0 N–H and O–H groups in total. The molecule has 0 saturated heterocycles. The van der Waals surface area contributed by atoms with Crippen LogP contribution in [0.3, 0.4) is 0 Å². The van der Waals surface area contributed by atoms with Gasteiger partial charge in [-0.1, -0.05) is 15.9 Å². The van der Waals surface area contributed by atoms with Crippen molar-refractivity contribution in [2.24, 2.45) is 9.98 Å². The lowest BCUT2D eigenvalue weighted by Crippen LogP contribution is -1.63. The Bertz CT molecular complexity index is 107. The van der Waals surface area contributed by atoms with Crippen LogP contribution in [0.4, 0.5) is 0 Å². The minimum atomic E-state index is 0.633. The number of hydrogen-bond acceptors (Lipinski definition) is 2. The van der Waals surface area contributed by atoms with Crippen molar-refractivity contribution in [1.82, 2.24) is 0 Å². The van der Waals surface area contributed by atoms with Crippen molar-refractivity contribution in [3.05, 3.63) is 12.3 Å². The molecular formula is C5H7BrN2. The van der Waals surface area contributed by atoms with Crippen molar-refractivity contribution in [3.8, 4) is 0 Å². The molecule has 0 amide bonds. The van der Waals surface area contributed by atoms with Gasteiger partial charge in [0.1, 0.15) is 0 Å². The van der Waals surface area contributed by atoms with Crippen molar-refractivity contribution in [1.29, 1.82) is 0 Å². The fourth-order valence-electron chi connectivity index (χ4n) is 0.200. The zero-order valence-corrected chi connectivity index (χ0v) is 6.00. The molecule has 0 saturated carbocycles. The van der Waals surface area contributed by atoms with Crippen LogP contribution >= 0.6 is 15.9 Å². The lowest BCUT2D eigenvalue weighted by atomic mass is 10.7. The first-order chi connectivity index (χ1) is 3.91. The number of alkyl halides is 1. The standard InChI is InChI=1S/C5H7BrN2/c1-7-3-2-4-8-5-6/h2-4H,1,5H2/b3-2-,8-4-. The molecule has 0 heterocycles. The summed E-state index contributed by atoms with van der Waals surface area (Å²) in [6.07, 6.45) is 4.95. The van der Waals surface area contributed by atoms with E-state index in [-0.39, 0.29) is 0 Å². The Morgan fingerprint density at radius 2 is 2.38 bits per heavy atom. The molecule has 0 bridgehead atoms. The van der Waals surface area contributed by atoms with Crippen molar-refractivity contribution in [2.75, 3.05) is 5.45 Å². The normalized spacial score (nSPS) is 11.1. The first-order valence-corrected chi connectivity index (χ1v) is 3.20. The molecule has 0 aromatic carbocycles. The Morgan fingerprint density at radius 3 is 2.88 bits per heavy atom. The number of aliphatic imine (C=N–C) groups is 2. The van der Waals surface area contributed by atoms with E-state index < -0.39 is 0 Å². The summed E-state index contributed by atoms with van der Waals surface area (Å²) in [6.45, 7) is 3.25. The van der Waals surface area contributed by atoms with Gasteiger partial charge >= 0.3 is 0 Å². The number of halogens is 1. The lowest BCUT2D eigenvalue weighted by Gasteiger charge is -1.71. The highest BCUT2D eigenvalue weighted by Gasteiger charge is 1.60. The molecule has 0 radical (unpaired) electrons. The van der Waals surface area contributed by atoms with Crippen LogP contribution in [0.15, 0.2) is 22.3 Å². The highest BCUT2D eigenvalue weighted by molar-refractivity contribution is 9.09. The third-order valence-corrected chi connectivity index (χ3v) is 0.742. The number of hydrogen-bond donors (Lipinski definition) is 0. The van der Waals surface area contributed by atoms with E-state index in [0.717, 1.165) is 0 Å². The molecule has 0 rings (SSSR count). The minimum absolute atomic E-state index is 0.633. The SMILES string of the molecule is C=N/C=C\C=N/CBr. The molecule has 0 spiro atoms. The highest BCUT2D eigenvalue weighted by atomic mass is 79.9. The second kappa shape index (κ2) is 6.56. The van der Waals surface area contributed by atoms with Crippen LogP contribution in [0.5, 0.6) is 0 Å². The van der Waals surface area contributed by atoms with Gasteiger partial charge < -0.3 is 0 Å². The van der Waals surface area contributed by atoms with Crippen LogP contribution in [0, 0.1) is 0 Å². The van der Waals surface area contributed by atoms with Gasteiger partial charge in [0.15, 0.2) is 0 Å². The van der Waals surface area contributed by atoms with Crippen LogP contribution in [-0.4, -0.2) is 18.4 Å². The summed E-state index contributed by atoms with van der Waals surface area (Å²) in [6, 6.07) is 0. The fourth-order valence-corrected chi connectivity index (χ4v) is 0.367. The predicted octanol–water partition coefficient (Wildman–Crippen LogP) is 1.62. The van der Waals surface area contributed by atoms with Gasteiger partial charge in [0.05, 0.1) is 5.45 Å². The molecule has 0 aliphatic carbocycles. The number of rotatable bonds is 3. The zero-order valence-electron chi connectivity index (χ0n) is 4.42. The van der Waals surface area contributed by atoms with Gasteiger partial charge in [0.25, 0.3) is 0 Å².